The number of rotatable bonds is 9. The van der Waals surface area contributed by atoms with Gasteiger partial charge in [-0.25, -0.2) is 4.39 Å². The molecule has 172 valence electrons. The summed E-state index contributed by atoms with van der Waals surface area (Å²) in [5, 5.41) is 3.35. The van der Waals surface area contributed by atoms with E-state index in [-0.39, 0.29) is 29.9 Å². The van der Waals surface area contributed by atoms with Crippen molar-refractivity contribution in [3.05, 3.63) is 99.8 Å². The Kier molecular flexibility index (Phi) is 8.69. The minimum absolute atomic E-state index is 0.0990. The quantitative estimate of drug-likeness (QED) is 0.466. The van der Waals surface area contributed by atoms with Crippen LogP contribution in [-0.4, -0.2) is 36.4 Å². The molecule has 3 aromatic rings. The summed E-state index contributed by atoms with van der Waals surface area (Å²) in [6.45, 7) is -0.243. The second kappa shape index (κ2) is 11.7. The second-order valence-corrected chi connectivity index (χ2v) is 8.17. The number of nitrogens with zero attached hydrogens (tertiary/aromatic N) is 1. The molecule has 33 heavy (non-hydrogen) atoms. The smallest absolute Gasteiger partial charge is 0.261 e. The van der Waals surface area contributed by atoms with Gasteiger partial charge in [-0.3, -0.25) is 9.59 Å². The third kappa shape index (κ3) is 6.94. The van der Waals surface area contributed by atoms with Crippen LogP contribution in [0.4, 0.5) is 4.39 Å². The van der Waals surface area contributed by atoms with Gasteiger partial charge in [-0.05, 0) is 41.5 Å². The maximum Gasteiger partial charge on any atom is 0.261 e. The Labute approximate surface area is 202 Å². The van der Waals surface area contributed by atoms with Crippen molar-refractivity contribution in [2.45, 2.75) is 19.0 Å². The topological polar surface area (TPSA) is 58.6 Å². The summed E-state index contributed by atoms with van der Waals surface area (Å²) >= 11 is 12.1. The van der Waals surface area contributed by atoms with E-state index in [4.69, 9.17) is 27.9 Å². The third-order valence-electron chi connectivity index (χ3n) is 5.03. The number of ether oxygens (including phenoxy) is 1. The fourth-order valence-corrected chi connectivity index (χ4v) is 3.78. The number of hydrogen-bond acceptors (Lipinski definition) is 3. The number of amides is 2. The van der Waals surface area contributed by atoms with Crippen molar-refractivity contribution in [1.29, 1.82) is 0 Å². The van der Waals surface area contributed by atoms with Gasteiger partial charge in [0.05, 0.1) is 5.02 Å². The number of benzene rings is 3. The third-order valence-corrected chi connectivity index (χ3v) is 5.56. The van der Waals surface area contributed by atoms with E-state index < -0.39 is 11.9 Å². The Bertz CT molecular complexity index is 1090. The molecule has 0 saturated carbocycles. The highest BCUT2D eigenvalue weighted by atomic mass is 35.5. The molecule has 0 unspecified atom stereocenters. The largest absolute Gasteiger partial charge is 0.482 e. The fraction of sp³-hybridized carbons (Fsp3) is 0.200. The van der Waals surface area contributed by atoms with Crippen LogP contribution < -0.4 is 10.1 Å². The second-order valence-electron chi connectivity index (χ2n) is 7.33. The molecule has 0 saturated heterocycles. The predicted molar refractivity (Wildman–Crippen MR) is 127 cm³/mol. The number of likely N-dealkylation sites (N-methyl/N-ethyl adjacent to an activating group) is 1. The normalized spacial score (nSPS) is 11.5. The Morgan fingerprint density at radius 1 is 1.00 bits per heavy atom. The van der Waals surface area contributed by atoms with Gasteiger partial charge < -0.3 is 15.0 Å². The van der Waals surface area contributed by atoms with Crippen LogP contribution in [0.5, 0.6) is 5.75 Å². The minimum Gasteiger partial charge on any atom is -0.482 e. The lowest BCUT2D eigenvalue weighted by molar-refractivity contribution is -0.142. The minimum atomic E-state index is -0.806. The van der Waals surface area contributed by atoms with Gasteiger partial charge >= 0.3 is 0 Å². The van der Waals surface area contributed by atoms with Gasteiger partial charge in [0.15, 0.2) is 6.61 Å². The highest BCUT2D eigenvalue weighted by molar-refractivity contribution is 6.35. The van der Waals surface area contributed by atoms with E-state index in [1.165, 1.54) is 30.1 Å². The molecule has 8 heteroatoms. The molecule has 3 aromatic carbocycles. The number of halogens is 3. The van der Waals surface area contributed by atoms with Crippen LogP contribution in [0.15, 0.2) is 72.8 Å². The molecule has 0 heterocycles. The average molecular weight is 489 g/mol. The molecule has 0 aliphatic rings. The summed E-state index contributed by atoms with van der Waals surface area (Å²) < 4.78 is 19.0. The van der Waals surface area contributed by atoms with Crippen molar-refractivity contribution in [2.75, 3.05) is 13.7 Å². The maximum absolute atomic E-state index is 13.4. The molecule has 5 nitrogen and oxygen atoms in total. The summed E-state index contributed by atoms with van der Waals surface area (Å²) in [5.74, 6) is -0.825. The van der Waals surface area contributed by atoms with Crippen LogP contribution >= 0.6 is 23.2 Å². The Hall–Kier alpha value is -3.09. The highest BCUT2D eigenvalue weighted by Gasteiger charge is 2.30. The number of carbonyl (C=O) groups is 2. The first-order valence-corrected chi connectivity index (χ1v) is 11.0. The molecular weight excluding hydrogens is 466 g/mol. The first-order chi connectivity index (χ1) is 15.9. The first kappa shape index (κ1) is 24.6. The van der Waals surface area contributed by atoms with Crippen molar-refractivity contribution < 1.29 is 18.7 Å². The molecule has 0 aliphatic carbocycles. The van der Waals surface area contributed by atoms with Crippen molar-refractivity contribution in [2.24, 2.45) is 0 Å². The predicted octanol–water partition coefficient (Wildman–Crippen LogP) is 4.90. The van der Waals surface area contributed by atoms with Crippen molar-refractivity contribution in [3.8, 4) is 5.75 Å². The van der Waals surface area contributed by atoms with E-state index in [0.717, 1.165) is 5.56 Å². The van der Waals surface area contributed by atoms with Gasteiger partial charge in [-0.2, -0.15) is 0 Å². The number of carbonyl (C=O) groups excluding carboxylic acids is 2. The van der Waals surface area contributed by atoms with Gasteiger partial charge in [0, 0.05) is 25.0 Å². The van der Waals surface area contributed by atoms with E-state index in [9.17, 15) is 14.0 Å². The zero-order valence-electron chi connectivity index (χ0n) is 17.9. The molecule has 2 amide bonds. The van der Waals surface area contributed by atoms with Crippen LogP contribution in [0.3, 0.4) is 0 Å². The van der Waals surface area contributed by atoms with Crippen LogP contribution in [0.25, 0.3) is 0 Å². The number of hydrogen-bond donors (Lipinski definition) is 1. The molecule has 0 bridgehead atoms. The molecule has 0 radical (unpaired) electrons. The van der Waals surface area contributed by atoms with Crippen LogP contribution in [0.2, 0.25) is 10.0 Å². The van der Waals surface area contributed by atoms with Crippen molar-refractivity contribution >= 4 is 35.0 Å². The fourth-order valence-electron chi connectivity index (χ4n) is 3.32. The summed E-state index contributed by atoms with van der Waals surface area (Å²) in [6, 6.07) is 19.1. The van der Waals surface area contributed by atoms with Gasteiger partial charge in [0.1, 0.15) is 17.6 Å². The summed E-state index contributed by atoms with van der Waals surface area (Å²) in [5.41, 5.74) is 1.57. The summed E-state index contributed by atoms with van der Waals surface area (Å²) in [7, 11) is 1.52. The molecule has 0 aromatic heterocycles. The van der Waals surface area contributed by atoms with Gasteiger partial charge in [0.25, 0.3) is 5.91 Å². The lowest BCUT2D eigenvalue weighted by atomic mass is 10.0. The molecule has 0 fully saturated rings. The van der Waals surface area contributed by atoms with Gasteiger partial charge in [-0.1, -0.05) is 65.7 Å². The zero-order chi connectivity index (χ0) is 23.8. The van der Waals surface area contributed by atoms with E-state index in [1.807, 2.05) is 30.3 Å². The molecule has 0 aliphatic heterocycles. The lowest BCUT2D eigenvalue weighted by Gasteiger charge is -2.31. The van der Waals surface area contributed by atoms with E-state index in [1.54, 1.807) is 24.3 Å². The maximum atomic E-state index is 13.4. The van der Waals surface area contributed by atoms with Crippen LogP contribution in [-0.2, 0) is 22.6 Å². The number of nitrogens with one attached hydrogen (secondary N) is 1. The summed E-state index contributed by atoms with van der Waals surface area (Å²) in [4.78, 5) is 27.6. The molecule has 3 rings (SSSR count). The Morgan fingerprint density at radius 2 is 1.70 bits per heavy atom. The van der Waals surface area contributed by atoms with E-state index in [0.29, 0.717) is 22.8 Å². The van der Waals surface area contributed by atoms with Crippen LogP contribution in [0.1, 0.15) is 11.1 Å². The Balaban J connectivity index is 1.87. The monoisotopic (exact) mass is 488 g/mol. The highest BCUT2D eigenvalue weighted by Crippen LogP contribution is 2.27. The SMILES string of the molecule is CNC(=O)[C@@H](Cc1ccccc1)N(Cc1ccc(F)cc1)C(=O)COc1ccc(Cl)cc1Cl. The lowest BCUT2D eigenvalue weighted by Crippen LogP contribution is -2.51. The molecule has 0 spiro atoms. The Morgan fingerprint density at radius 3 is 2.33 bits per heavy atom. The van der Waals surface area contributed by atoms with E-state index >= 15 is 0 Å². The molecule has 1 atom stereocenters. The molecule has 1 N–H and O–H groups in total. The van der Waals surface area contributed by atoms with E-state index in [2.05, 4.69) is 5.32 Å². The van der Waals surface area contributed by atoms with Gasteiger partial charge in [-0.15, -0.1) is 0 Å². The molecular formula is C25H23Cl2FN2O3. The standard InChI is InChI=1S/C25H23Cl2FN2O3/c1-29-25(32)22(13-17-5-3-2-4-6-17)30(15-18-7-10-20(28)11-8-18)24(31)16-33-23-12-9-19(26)14-21(23)27/h2-12,14,22H,13,15-16H2,1H3,(H,29,32)/t22-/m1/s1. The van der Waals surface area contributed by atoms with Gasteiger partial charge in [0.2, 0.25) is 5.91 Å². The average Bonchev–Trinajstić information content (AvgIpc) is 2.82. The first-order valence-electron chi connectivity index (χ1n) is 10.2. The van der Waals surface area contributed by atoms with Crippen molar-refractivity contribution in [3.63, 3.8) is 0 Å². The summed E-state index contributed by atoms with van der Waals surface area (Å²) in [6.07, 6.45) is 0.301. The van der Waals surface area contributed by atoms with Crippen LogP contribution in [0, 0.1) is 5.82 Å². The van der Waals surface area contributed by atoms with Crippen molar-refractivity contribution in [1.82, 2.24) is 10.2 Å². The zero-order valence-corrected chi connectivity index (χ0v) is 19.4.